The molecule has 1 aliphatic heterocycles. The zero-order valence-corrected chi connectivity index (χ0v) is 21.1. The molecule has 0 saturated carbocycles. The minimum absolute atomic E-state index is 0.0781. The first-order chi connectivity index (χ1) is 17.5. The average molecular weight is 474 g/mol. The van der Waals surface area contributed by atoms with Crippen LogP contribution in [0.3, 0.4) is 0 Å². The Labute approximate surface area is 212 Å². The van der Waals surface area contributed by atoms with Crippen molar-refractivity contribution >= 4 is 17.2 Å². The van der Waals surface area contributed by atoms with Crippen LogP contribution in [0.5, 0.6) is 0 Å². The Hall–Kier alpha value is -4.05. The molecule has 36 heavy (non-hydrogen) atoms. The van der Waals surface area contributed by atoms with E-state index in [1.807, 2.05) is 31.2 Å². The number of hydrogen-bond acceptors (Lipinski definition) is 1. The van der Waals surface area contributed by atoms with E-state index in [2.05, 4.69) is 82.9 Å². The van der Waals surface area contributed by atoms with E-state index >= 15 is 0 Å². The fourth-order valence-corrected chi connectivity index (χ4v) is 5.51. The summed E-state index contributed by atoms with van der Waals surface area (Å²) in [5, 5.41) is 3.19. The third kappa shape index (κ3) is 3.83. The van der Waals surface area contributed by atoms with Crippen LogP contribution < -0.4 is 5.32 Å². The molecule has 1 amide bonds. The summed E-state index contributed by atoms with van der Waals surface area (Å²) in [6.07, 6.45) is 5.35. The molecule has 0 unspecified atom stereocenters. The topological polar surface area (TPSA) is 38.4 Å². The number of rotatable bonds is 4. The SMILES string of the molecule is Cc1ccc(-c2c3c4n(c(-c5ccc(C)cc5)cn4c2C(=O)Nc2cccc(C)c2)CCCC3)cc1. The van der Waals surface area contributed by atoms with Gasteiger partial charge < -0.3 is 9.88 Å². The van der Waals surface area contributed by atoms with Crippen molar-refractivity contribution in [3.05, 3.63) is 107 Å². The van der Waals surface area contributed by atoms with Crippen LogP contribution in [0.1, 0.15) is 45.6 Å². The number of aryl methyl sites for hydroxylation is 5. The van der Waals surface area contributed by atoms with E-state index in [0.29, 0.717) is 5.69 Å². The van der Waals surface area contributed by atoms with Gasteiger partial charge in [-0.3, -0.25) is 9.20 Å². The molecule has 0 aliphatic carbocycles. The first-order valence-corrected chi connectivity index (χ1v) is 12.8. The van der Waals surface area contributed by atoms with E-state index in [-0.39, 0.29) is 5.91 Å². The number of carbonyl (C=O) groups is 1. The smallest absolute Gasteiger partial charge is 0.273 e. The molecule has 4 nitrogen and oxygen atoms in total. The molecule has 3 aromatic carbocycles. The number of imidazole rings is 1. The molecule has 6 rings (SSSR count). The standard InChI is InChI=1S/C32H31N3O/c1-21-10-14-24(15-11-21)28-20-35-30(31(36)33-26-8-6-7-23(3)19-26)29(25-16-12-22(2)13-17-25)27-9-4-5-18-34(28)32(27)35/h6-8,10-17,19-20H,4-5,9,18H2,1-3H3,(H,33,36). The highest BCUT2D eigenvalue weighted by Gasteiger charge is 2.29. The van der Waals surface area contributed by atoms with Crippen LogP contribution in [0.25, 0.3) is 28.0 Å². The van der Waals surface area contributed by atoms with Crippen molar-refractivity contribution in [2.75, 3.05) is 5.32 Å². The van der Waals surface area contributed by atoms with Crippen molar-refractivity contribution in [2.45, 2.75) is 46.6 Å². The van der Waals surface area contributed by atoms with Gasteiger partial charge in [-0.2, -0.15) is 0 Å². The van der Waals surface area contributed by atoms with E-state index < -0.39 is 0 Å². The largest absolute Gasteiger partial charge is 0.325 e. The Morgan fingerprint density at radius 1 is 0.806 bits per heavy atom. The van der Waals surface area contributed by atoms with Gasteiger partial charge in [-0.25, -0.2) is 0 Å². The van der Waals surface area contributed by atoms with Gasteiger partial charge in [0.15, 0.2) is 0 Å². The minimum atomic E-state index is -0.0781. The molecule has 0 fully saturated rings. The molecule has 0 spiro atoms. The van der Waals surface area contributed by atoms with Gasteiger partial charge in [0, 0.05) is 29.6 Å². The zero-order chi connectivity index (χ0) is 24.8. The van der Waals surface area contributed by atoms with Gasteiger partial charge in [0.1, 0.15) is 11.3 Å². The van der Waals surface area contributed by atoms with E-state index in [1.54, 1.807) is 0 Å². The summed E-state index contributed by atoms with van der Waals surface area (Å²) < 4.78 is 4.57. The molecule has 0 atom stereocenters. The van der Waals surface area contributed by atoms with Crippen LogP contribution in [0.4, 0.5) is 5.69 Å². The molecule has 1 N–H and O–H groups in total. The Kier molecular flexibility index (Phi) is 5.52. The van der Waals surface area contributed by atoms with E-state index in [4.69, 9.17) is 0 Å². The van der Waals surface area contributed by atoms with Gasteiger partial charge in [0.05, 0.1) is 5.69 Å². The lowest BCUT2D eigenvalue weighted by atomic mass is 9.97. The maximum atomic E-state index is 14.0. The number of anilines is 1. The highest BCUT2D eigenvalue weighted by Crippen LogP contribution is 2.39. The normalized spacial score (nSPS) is 13.1. The van der Waals surface area contributed by atoms with Crippen molar-refractivity contribution in [2.24, 2.45) is 0 Å². The van der Waals surface area contributed by atoms with E-state index in [9.17, 15) is 4.79 Å². The number of nitrogens with one attached hydrogen (secondary N) is 1. The second-order valence-electron chi connectivity index (χ2n) is 10.1. The monoisotopic (exact) mass is 473 g/mol. The Morgan fingerprint density at radius 2 is 1.50 bits per heavy atom. The average Bonchev–Trinajstić information content (AvgIpc) is 3.28. The third-order valence-corrected chi connectivity index (χ3v) is 7.31. The molecule has 180 valence electrons. The molecule has 0 radical (unpaired) electrons. The summed E-state index contributed by atoms with van der Waals surface area (Å²) >= 11 is 0. The summed E-state index contributed by atoms with van der Waals surface area (Å²) in [5.74, 6) is -0.0781. The van der Waals surface area contributed by atoms with Crippen LogP contribution in [0.15, 0.2) is 79.0 Å². The summed E-state index contributed by atoms with van der Waals surface area (Å²) in [6.45, 7) is 7.20. The molecule has 0 saturated heterocycles. The van der Waals surface area contributed by atoms with Gasteiger partial charge in [-0.05, 0) is 68.9 Å². The van der Waals surface area contributed by atoms with Crippen molar-refractivity contribution in [1.29, 1.82) is 0 Å². The van der Waals surface area contributed by atoms with Gasteiger partial charge >= 0.3 is 0 Å². The lowest BCUT2D eigenvalue weighted by Crippen LogP contribution is -2.15. The minimum Gasteiger partial charge on any atom is -0.325 e. The van der Waals surface area contributed by atoms with Crippen molar-refractivity contribution in [3.63, 3.8) is 0 Å². The number of carbonyl (C=O) groups excluding carboxylic acids is 1. The predicted octanol–water partition coefficient (Wildman–Crippen LogP) is 7.59. The Bertz CT molecular complexity index is 1580. The van der Waals surface area contributed by atoms with Crippen LogP contribution in [-0.4, -0.2) is 14.9 Å². The number of benzene rings is 3. The van der Waals surface area contributed by atoms with Crippen LogP contribution in [0, 0.1) is 20.8 Å². The lowest BCUT2D eigenvalue weighted by molar-refractivity contribution is 0.102. The van der Waals surface area contributed by atoms with Gasteiger partial charge in [-0.1, -0.05) is 71.8 Å². The highest BCUT2D eigenvalue weighted by molar-refractivity contribution is 6.10. The molecule has 3 heterocycles. The predicted molar refractivity (Wildman–Crippen MR) is 148 cm³/mol. The summed E-state index contributed by atoms with van der Waals surface area (Å²) in [6, 6.07) is 25.3. The maximum Gasteiger partial charge on any atom is 0.273 e. The number of aromatic nitrogens is 2. The second-order valence-corrected chi connectivity index (χ2v) is 10.1. The number of hydrogen-bond donors (Lipinski definition) is 1. The maximum absolute atomic E-state index is 14.0. The Balaban J connectivity index is 1.61. The van der Waals surface area contributed by atoms with E-state index in [1.165, 1.54) is 22.3 Å². The fourth-order valence-electron chi connectivity index (χ4n) is 5.51. The van der Waals surface area contributed by atoms with Gasteiger partial charge in [0.2, 0.25) is 0 Å². The lowest BCUT2D eigenvalue weighted by Gasteiger charge is -2.11. The van der Waals surface area contributed by atoms with Crippen LogP contribution >= 0.6 is 0 Å². The van der Waals surface area contributed by atoms with Crippen LogP contribution in [0.2, 0.25) is 0 Å². The molecular weight excluding hydrogens is 442 g/mol. The van der Waals surface area contributed by atoms with Gasteiger partial charge in [0.25, 0.3) is 5.91 Å². The van der Waals surface area contributed by atoms with Crippen molar-refractivity contribution in [1.82, 2.24) is 8.97 Å². The first kappa shape index (κ1) is 22.4. The second kappa shape index (κ2) is 8.87. The number of nitrogens with zero attached hydrogens (tertiary/aromatic N) is 2. The zero-order valence-electron chi connectivity index (χ0n) is 21.1. The van der Waals surface area contributed by atoms with Crippen LogP contribution in [-0.2, 0) is 13.0 Å². The van der Waals surface area contributed by atoms with Crippen molar-refractivity contribution in [3.8, 4) is 22.4 Å². The van der Waals surface area contributed by atoms with Gasteiger partial charge in [-0.15, -0.1) is 0 Å². The highest BCUT2D eigenvalue weighted by atomic mass is 16.1. The molecule has 0 bridgehead atoms. The molecular formula is C32H31N3O. The molecule has 5 aromatic rings. The van der Waals surface area contributed by atoms with E-state index in [0.717, 1.165) is 59.5 Å². The van der Waals surface area contributed by atoms with Crippen molar-refractivity contribution < 1.29 is 4.79 Å². The first-order valence-electron chi connectivity index (χ1n) is 12.8. The molecule has 2 aromatic heterocycles. The fraction of sp³-hybridized carbons (Fsp3) is 0.219. The molecule has 4 heteroatoms. The molecule has 1 aliphatic rings. The number of amides is 1. The quantitative estimate of drug-likeness (QED) is 0.287. The third-order valence-electron chi connectivity index (χ3n) is 7.31. The summed E-state index contributed by atoms with van der Waals surface area (Å²) in [7, 11) is 0. The Morgan fingerprint density at radius 3 is 2.19 bits per heavy atom. The summed E-state index contributed by atoms with van der Waals surface area (Å²) in [4.78, 5) is 14.0. The summed E-state index contributed by atoms with van der Waals surface area (Å²) in [5.41, 5.74) is 12.0.